The van der Waals surface area contributed by atoms with Gasteiger partial charge in [0.05, 0.1) is 0 Å². The topological polar surface area (TPSA) is 63.6 Å². The van der Waals surface area contributed by atoms with E-state index >= 15 is 0 Å². The number of ether oxygens (including phenoxy) is 1. The van der Waals surface area contributed by atoms with Crippen molar-refractivity contribution in [3.63, 3.8) is 0 Å². The van der Waals surface area contributed by atoms with Gasteiger partial charge in [0.25, 0.3) is 0 Å². The summed E-state index contributed by atoms with van der Waals surface area (Å²) < 4.78 is 6.02. The van der Waals surface area contributed by atoms with Gasteiger partial charge >= 0.3 is 11.9 Å². The van der Waals surface area contributed by atoms with Crippen molar-refractivity contribution in [3.05, 3.63) is 72.9 Å². The van der Waals surface area contributed by atoms with Gasteiger partial charge in [0.15, 0.2) is 0 Å². The van der Waals surface area contributed by atoms with Gasteiger partial charge in [-0.15, -0.1) is 0 Å². The summed E-state index contributed by atoms with van der Waals surface area (Å²) in [6.45, 7) is 4.42. The number of carboxylic acids is 1. The van der Waals surface area contributed by atoms with E-state index in [2.05, 4.69) is 86.8 Å². The molecular weight excluding hydrogens is 617 g/mol. The zero-order valence-electron chi connectivity index (χ0n) is 32.7. The van der Waals surface area contributed by atoms with E-state index in [4.69, 9.17) is 9.84 Å². The molecule has 0 bridgehead atoms. The predicted octanol–water partition coefficient (Wildman–Crippen LogP) is 14.7. The van der Waals surface area contributed by atoms with Crippen LogP contribution in [0.25, 0.3) is 0 Å². The monoisotopic (exact) mass is 695 g/mol. The van der Waals surface area contributed by atoms with Gasteiger partial charge in [-0.25, -0.2) is 0 Å². The summed E-state index contributed by atoms with van der Waals surface area (Å²) in [5, 5.41) is 8.75. The van der Waals surface area contributed by atoms with Gasteiger partial charge in [-0.1, -0.05) is 170 Å². The molecule has 0 aromatic rings. The summed E-state index contributed by atoms with van der Waals surface area (Å²) in [4.78, 5) is 23.3. The Balaban J connectivity index is 4.11. The summed E-state index contributed by atoms with van der Waals surface area (Å²) in [6, 6.07) is 0. The largest absolute Gasteiger partial charge is 0.481 e. The van der Waals surface area contributed by atoms with Gasteiger partial charge in [0.1, 0.15) is 6.10 Å². The Morgan fingerprint density at radius 2 is 0.840 bits per heavy atom. The molecule has 0 aromatic heterocycles. The molecule has 50 heavy (non-hydrogen) atoms. The minimum Gasteiger partial charge on any atom is -0.481 e. The third kappa shape index (κ3) is 39.8. The highest BCUT2D eigenvalue weighted by atomic mass is 16.5. The lowest BCUT2D eigenvalue weighted by atomic mass is 10.0. The van der Waals surface area contributed by atoms with Crippen LogP contribution in [0.4, 0.5) is 0 Å². The zero-order valence-corrected chi connectivity index (χ0v) is 32.7. The molecule has 1 atom stereocenters. The van der Waals surface area contributed by atoms with Gasteiger partial charge in [-0.05, 0) is 89.9 Å². The van der Waals surface area contributed by atoms with Crippen LogP contribution in [-0.4, -0.2) is 23.1 Å². The first kappa shape index (κ1) is 47.4. The summed E-state index contributed by atoms with van der Waals surface area (Å²) in [5.74, 6) is -0.702. The molecular formula is C46H78O4. The fourth-order valence-electron chi connectivity index (χ4n) is 5.89. The molecule has 0 saturated carbocycles. The standard InChI is InChI=1S/C46H78O4/c1-3-5-7-9-11-13-14-15-16-17-18-19-20-21-22-23-24-25-31-35-39-43-46(49)50-44(40-36-32-28-12-10-8-6-4-2)41-37-33-29-26-27-30-34-38-42-45(47)48/h5,7,11,13,15-16,18-19,21-22,24-25,44H,3-4,6,8-10,12,14,17,20,23,26-43H2,1-2H3,(H,47,48)/b7-5-,13-11-,16-15-,19-18-,22-21-,25-24-. The van der Waals surface area contributed by atoms with Crippen LogP contribution in [-0.2, 0) is 14.3 Å². The summed E-state index contributed by atoms with van der Waals surface area (Å²) in [6.07, 6.45) is 57.9. The number of aliphatic carboxylic acids is 1. The summed E-state index contributed by atoms with van der Waals surface area (Å²) in [5.41, 5.74) is 0. The number of hydrogen-bond donors (Lipinski definition) is 1. The minimum absolute atomic E-state index is 0.0151. The second kappa shape index (κ2) is 40.8. The van der Waals surface area contributed by atoms with E-state index in [0.29, 0.717) is 12.8 Å². The zero-order chi connectivity index (χ0) is 36.4. The maximum Gasteiger partial charge on any atom is 0.306 e. The van der Waals surface area contributed by atoms with E-state index in [1.807, 2.05) is 0 Å². The Bertz CT molecular complexity index is 922. The highest BCUT2D eigenvalue weighted by Gasteiger charge is 2.14. The highest BCUT2D eigenvalue weighted by molar-refractivity contribution is 5.69. The first-order valence-corrected chi connectivity index (χ1v) is 20.9. The SMILES string of the molecule is CC/C=C\C/C=C\C/C=C\C/C=C\C/C=C\C/C=C\CCCCC(=O)OC(CCCCCCCCCC)CCCCCCCCCCC(=O)O. The van der Waals surface area contributed by atoms with Crippen LogP contribution in [0.3, 0.4) is 0 Å². The molecule has 0 aliphatic rings. The number of carbonyl (C=O) groups is 2. The van der Waals surface area contributed by atoms with Gasteiger partial charge in [-0.2, -0.15) is 0 Å². The van der Waals surface area contributed by atoms with E-state index in [-0.39, 0.29) is 12.1 Å². The lowest BCUT2D eigenvalue weighted by Gasteiger charge is -2.18. The molecule has 0 heterocycles. The van der Waals surface area contributed by atoms with Crippen LogP contribution in [0.2, 0.25) is 0 Å². The molecule has 4 heteroatoms. The maximum atomic E-state index is 12.7. The quantitative estimate of drug-likeness (QED) is 0.0399. The number of carboxylic acid groups (broad SMARTS) is 1. The van der Waals surface area contributed by atoms with Crippen LogP contribution in [0.15, 0.2) is 72.9 Å². The Morgan fingerprint density at radius 1 is 0.460 bits per heavy atom. The van der Waals surface area contributed by atoms with E-state index < -0.39 is 5.97 Å². The molecule has 0 rings (SSSR count). The van der Waals surface area contributed by atoms with Gasteiger partial charge in [0.2, 0.25) is 0 Å². The number of allylic oxidation sites excluding steroid dienone is 12. The molecule has 0 spiro atoms. The van der Waals surface area contributed by atoms with Crippen molar-refractivity contribution in [3.8, 4) is 0 Å². The average Bonchev–Trinajstić information content (AvgIpc) is 3.10. The molecule has 0 aromatic carbocycles. The van der Waals surface area contributed by atoms with Crippen molar-refractivity contribution >= 4 is 11.9 Å². The van der Waals surface area contributed by atoms with Crippen LogP contribution in [0.1, 0.15) is 200 Å². The van der Waals surface area contributed by atoms with E-state index in [9.17, 15) is 9.59 Å². The van der Waals surface area contributed by atoms with Crippen molar-refractivity contribution in [2.75, 3.05) is 0 Å². The van der Waals surface area contributed by atoms with Crippen LogP contribution < -0.4 is 0 Å². The lowest BCUT2D eigenvalue weighted by molar-refractivity contribution is -0.150. The molecule has 0 radical (unpaired) electrons. The van der Waals surface area contributed by atoms with Crippen molar-refractivity contribution in [2.45, 2.75) is 206 Å². The van der Waals surface area contributed by atoms with Crippen LogP contribution >= 0.6 is 0 Å². The maximum absolute atomic E-state index is 12.7. The minimum atomic E-state index is -0.687. The molecule has 0 fully saturated rings. The van der Waals surface area contributed by atoms with Gasteiger partial charge in [-0.3, -0.25) is 9.59 Å². The molecule has 0 aliphatic carbocycles. The molecule has 286 valence electrons. The van der Waals surface area contributed by atoms with E-state index in [1.165, 1.54) is 70.6 Å². The van der Waals surface area contributed by atoms with Gasteiger partial charge < -0.3 is 9.84 Å². The Labute approximate surface area is 309 Å². The smallest absolute Gasteiger partial charge is 0.306 e. The average molecular weight is 695 g/mol. The molecule has 1 N–H and O–H groups in total. The fraction of sp³-hybridized carbons (Fsp3) is 0.696. The first-order chi connectivity index (χ1) is 24.6. The van der Waals surface area contributed by atoms with Crippen LogP contribution in [0.5, 0.6) is 0 Å². The molecule has 0 saturated heterocycles. The van der Waals surface area contributed by atoms with E-state index in [1.54, 1.807) is 0 Å². The predicted molar refractivity (Wildman–Crippen MR) is 218 cm³/mol. The number of unbranched alkanes of at least 4 members (excludes halogenated alkanes) is 16. The molecule has 0 aliphatic heterocycles. The van der Waals surface area contributed by atoms with Crippen molar-refractivity contribution in [1.82, 2.24) is 0 Å². The van der Waals surface area contributed by atoms with Crippen molar-refractivity contribution < 1.29 is 19.4 Å². The third-order valence-corrected chi connectivity index (χ3v) is 8.94. The molecule has 0 amide bonds. The Hall–Kier alpha value is -2.62. The first-order valence-electron chi connectivity index (χ1n) is 20.9. The fourth-order valence-corrected chi connectivity index (χ4v) is 5.89. The van der Waals surface area contributed by atoms with Crippen molar-refractivity contribution in [2.24, 2.45) is 0 Å². The highest BCUT2D eigenvalue weighted by Crippen LogP contribution is 2.19. The normalized spacial score (nSPS) is 13.0. The number of rotatable bonds is 37. The molecule has 1 unspecified atom stereocenters. The number of esters is 1. The summed E-state index contributed by atoms with van der Waals surface area (Å²) >= 11 is 0. The Morgan fingerprint density at radius 3 is 1.28 bits per heavy atom. The number of carbonyl (C=O) groups excluding carboxylic acids is 1. The van der Waals surface area contributed by atoms with Crippen molar-refractivity contribution in [1.29, 1.82) is 0 Å². The lowest BCUT2D eigenvalue weighted by Crippen LogP contribution is -2.18. The number of hydrogen-bond acceptors (Lipinski definition) is 3. The second-order valence-electron chi connectivity index (χ2n) is 13.8. The van der Waals surface area contributed by atoms with Crippen LogP contribution in [0, 0.1) is 0 Å². The third-order valence-electron chi connectivity index (χ3n) is 8.94. The summed E-state index contributed by atoms with van der Waals surface area (Å²) in [7, 11) is 0. The Kier molecular flexibility index (Phi) is 38.7. The van der Waals surface area contributed by atoms with Gasteiger partial charge in [0, 0.05) is 12.8 Å². The molecule has 4 nitrogen and oxygen atoms in total. The second-order valence-corrected chi connectivity index (χ2v) is 13.8. The van der Waals surface area contributed by atoms with E-state index in [0.717, 1.165) is 103 Å².